The molecule has 0 N–H and O–H groups in total. The number of ether oxygens (including phenoxy) is 1. The molecule has 0 atom stereocenters. The van der Waals surface area contributed by atoms with Crippen LogP contribution in [0.3, 0.4) is 0 Å². The first kappa shape index (κ1) is 54.3. The van der Waals surface area contributed by atoms with Crippen LogP contribution in [0.25, 0.3) is 49.9 Å². The van der Waals surface area contributed by atoms with Crippen molar-refractivity contribution in [3.8, 4) is 39.6 Å². The largest absolute Gasteiger partial charge is 0.457 e. The van der Waals surface area contributed by atoms with Gasteiger partial charge in [-0.2, -0.15) is 0 Å². The number of nitrogens with zero attached hydrogens (tertiary/aromatic N) is 4. The first-order valence-corrected chi connectivity index (χ1v) is 28.3. The number of hydrogen-bond acceptors (Lipinski definition) is 4. The lowest BCUT2D eigenvalue weighted by molar-refractivity contribution is 0.483. The second-order valence-electron chi connectivity index (χ2n) is 28.4. The van der Waals surface area contributed by atoms with Gasteiger partial charge >= 0.3 is 0 Å². The van der Waals surface area contributed by atoms with Gasteiger partial charge in [-0.3, -0.25) is 4.57 Å². The van der Waals surface area contributed by atoms with E-state index in [9.17, 15) is 0 Å². The fraction of sp³-hybridized carbons (Fsp3) is 0.356. The number of aromatic nitrogens is 2. The van der Waals surface area contributed by atoms with Crippen molar-refractivity contribution in [2.45, 2.75) is 164 Å². The van der Waals surface area contributed by atoms with Gasteiger partial charge in [0.15, 0.2) is 0 Å². The Morgan fingerprint density at radius 3 is 1.63 bits per heavy atom. The third kappa shape index (κ3) is 10.0. The molecule has 5 nitrogen and oxygen atoms in total. The summed E-state index contributed by atoms with van der Waals surface area (Å²) in [5.74, 6) is 2.43. The van der Waals surface area contributed by atoms with Gasteiger partial charge in [0.25, 0.3) is 0 Å². The molecule has 0 fully saturated rings. The molecule has 0 amide bonds. The van der Waals surface area contributed by atoms with Crippen molar-refractivity contribution in [1.29, 1.82) is 0 Å². The van der Waals surface area contributed by atoms with E-state index in [0.29, 0.717) is 6.67 Å². The minimum atomic E-state index is -0.147. The van der Waals surface area contributed by atoms with Gasteiger partial charge in [-0.25, -0.2) is 4.98 Å². The molecule has 0 radical (unpaired) electrons. The van der Waals surface area contributed by atoms with Crippen molar-refractivity contribution in [3.63, 3.8) is 0 Å². The highest BCUT2D eigenvalue weighted by Crippen LogP contribution is 2.55. The zero-order valence-corrected chi connectivity index (χ0v) is 50.3. The summed E-state index contributed by atoms with van der Waals surface area (Å²) in [5.41, 5.74) is 20.8. The van der Waals surface area contributed by atoms with Gasteiger partial charge < -0.3 is 14.5 Å². The zero-order chi connectivity index (χ0) is 56.2. The molecule has 0 aliphatic carbocycles. The Balaban J connectivity index is 1.16. The molecule has 0 unspecified atom stereocenters. The molecule has 0 spiro atoms. The first-order chi connectivity index (χ1) is 36.4. The summed E-state index contributed by atoms with van der Waals surface area (Å²) in [6.45, 7) is 45.2. The second-order valence-corrected chi connectivity index (χ2v) is 28.4. The minimum Gasteiger partial charge on any atom is -0.457 e. The monoisotopic (exact) mass is 1030 g/mol. The number of pyridine rings is 1. The third-order valence-electron chi connectivity index (χ3n) is 16.1. The van der Waals surface area contributed by atoms with Crippen molar-refractivity contribution in [2.75, 3.05) is 16.5 Å². The molecule has 0 saturated carbocycles. The molecule has 0 bridgehead atoms. The van der Waals surface area contributed by atoms with Crippen molar-refractivity contribution in [1.82, 2.24) is 9.55 Å². The average Bonchev–Trinajstić information content (AvgIpc) is 4.11. The van der Waals surface area contributed by atoms with Crippen molar-refractivity contribution in [2.24, 2.45) is 0 Å². The molecular weight excluding hydrogens is 949 g/mol. The quantitative estimate of drug-likeness (QED) is 0.159. The topological polar surface area (TPSA) is 33.5 Å². The summed E-state index contributed by atoms with van der Waals surface area (Å²) in [7, 11) is 0. The van der Waals surface area contributed by atoms with E-state index in [-0.39, 0.29) is 32.5 Å². The van der Waals surface area contributed by atoms with Crippen LogP contribution in [0.15, 0.2) is 152 Å². The van der Waals surface area contributed by atoms with E-state index in [1.54, 1.807) is 0 Å². The fourth-order valence-corrected chi connectivity index (χ4v) is 12.1. The predicted octanol–water partition coefficient (Wildman–Crippen LogP) is 20.6. The van der Waals surface area contributed by atoms with Crippen molar-refractivity contribution < 1.29 is 4.74 Å². The van der Waals surface area contributed by atoms with Gasteiger partial charge in [-0.05, 0) is 156 Å². The number of anilines is 4. The smallest absolute Gasteiger partial charge is 0.137 e. The Kier molecular flexibility index (Phi) is 13.3. The van der Waals surface area contributed by atoms with Crippen LogP contribution in [0.2, 0.25) is 0 Å². The van der Waals surface area contributed by atoms with Crippen LogP contribution in [-0.2, 0) is 32.5 Å². The number of fused-ring (bicyclic) bond motifs is 4. The maximum atomic E-state index is 6.94. The Morgan fingerprint density at radius 1 is 0.410 bits per heavy atom. The standard InChI is InChI=1S/C73H84N4O/c1-46-59(71(11,12)13)36-35-56(66(46)73(17,18)19)58-40-49(70(8,9)10)39-57(53-33-31-47(68(2,3)4)41-60(53)72(14,15)16)67(58)76-45-75(62-29-22-23-30-63(62)76)50-25-24-26-51(43-50)78-52-32-34-55-54-27-20-21-28-61(54)77(64(55)44-52)65-42-48(37-38-74-65)69(5,6)7/h20-44H,45H2,1-19H3. The highest BCUT2D eigenvalue weighted by atomic mass is 16.5. The maximum absolute atomic E-state index is 6.94. The number of hydrogen-bond donors (Lipinski definition) is 0. The van der Waals surface area contributed by atoms with E-state index < -0.39 is 0 Å². The van der Waals surface area contributed by atoms with E-state index in [0.717, 1.165) is 45.1 Å². The molecule has 78 heavy (non-hydrogen) atoms. The molecule has 7 aromatic carbocycles. The van der Waals surface area contributed by atoms with Crippen LogP contribution in [0.4, 0.5) is 22.7 Å². The maximum Gasteiger partial charge on any atom is 0.137 e. The van der Waals surface area contributed by atoms with Crippen LogP contribution in [0.5, 0.6) is 11.5 Å². The van der Waals surface area contributed by atoms with Crippen LogP contribution in [0, 0.1) is 6.92 Å². The highest BCUT2D eigenvalue weighted by Gasteiger charge is 2.37. The van der Waals surface area contributed by atoms with E-state index >= 15 is 0 Å². The Bertz CT molecular complexity index is 3770. The summed E-state index contributed by atoms with van der Waals surface area (Å²) in [6, 6.07) is 54.3. The van der Waals surface area contributed by atoms with Crippen LogP contribution in [-0.4, -0.2) is 16.2 Å². The lowest BCUT2D eigenvalue weighted by Gasteiger charge is -2.35. The molecule has 1 aliphatic rings. The molecule has 0 saturated heterocycles. The van der Waals surface area contributed by atoms with Gasteiger partial charge in [0.1, 0.15) is 24.0 Å². The van der Waals surface area contributed by atoms with Gasteiger partial charge in [-0.1, -0.05) is 191 Å². The summed E-state index contributed by atoms with van der Waals surface area (Å²) in [5, 5.41) is 2.34. The van der Waals surface area contributed by atoms with Gasteiger partial charge in [-0.15, -0.1) is 0 Å². The van der Waals surface area contributed by atoms with E-state index in [2.05, 4.69) is 292 Å². The summed E-state index contributed by atoms with van der Waals surface area (Å²) < 4.78 is 9.23. The molecule has 2 aromatic heterocycles. The van der Waals surface area contributed by atoms with Crippen LogP contribution < -0.4 is 14.5 Å². The summed E-state index contributed by atoms with van der Waals surface area (Å²) in [4.78, 5) is 10.0. The zero-order valence-electron chi connectivity index (χ0n) is 50.3. The second kappa shape index (κ2) is 19.1. The normalized spacial score (nSPS) is 13.7. The van der Waals surface area contributed by atoms with E-state index in [1.165, 1.54) is 78.0 Å². The van der Waals surface area contributed by atoms with Crippen molar-refractivity contribution >= 4 is 44.6 Å². The lowest BCUT2D eigenvalue weighted by Crippen LogP contribution is -2.26. The Hall–Kier alpha value is -7.11. The van der Waals surface area contributed by atoms with Gasteiger partial charge in [0.05, 0.1) is 28.1 Å². The fourth-order valence-electron chi connectivity index (χ4n) is 12.1. The van der Waals surface area contributed by atoms with Gasteiger partial charge in [0, 0.05) is 45.9 Å². The molecule has 10 rings (SSSR count). The molecule has 5 heteroatoms. The van der Waals surface area contributed by atoms with E-state index in [1.807, 2.05) is 6.20 Å². The average molecular weight is 1030 g/mol. The minimum absolute atomic E-state index is 0.0107. The Morgan fingerprint density at radius 2 is 0.987 bits per heavy atom. The molecular formula is C73H84N4O. The molecule has 9 aromatic rings. The Labute approximate surface area is 467 Å². The summed E-state index contributed by atoms with van der Waals surface area (Å²) in [6.07, 6.45) is 1.93. The highest BCUT2D eigenvalue weighted by molar-refractivity contribution is 6.09. The number of benzene rings is 7. The van der Waals surface area contributed by atoms with Crippen molar-refractivity contribution in [3.05, 3.63) is 191 Å². The summed E-state index contributed by atoms with van der Waals surface area (Å²) >= 11 is 0. The predicted molar refractivity (Wildman–Crippen MR) is 335 cm³/mol. The van der Waals surface area contributed by atoms with Crippen LogP contribution in [0.1, 0.15) is 164 Å². The number of rotatable bonds is 7. The molecule has 402 valence electrons. The number of para-hydroxylation sites is 3. The SMILES string of the molecule is Cc1c(C(C)(C)C)ccc(-c2cc(C(C)(C)C)cc(-c3ccc(C(C)(C)C)cc3C(C)(C)C)c2N2CN(c3cccc(Oc4ccc5c6ccccc6n(-c6cc(C(C)(C)C)ccn6)c5c4)c3)c3ccccc32)c1C(C)(C)C. The third-order valence-corrected chi connectivity index (χ3v) is 16.1. The first-order valence-electron chi connectivity index (χ1n) is 28.3. The lowest BCUT2D eigenvalue weighted by atomic mass is 9.72. The van der Waals surface area contributed by atoms with Gasteiger partial charge in [0.2, 0.25) is 0 Å². The molecule has 3 heterocycles. The van der Waals surface area contributed by atoms with Crippen LogP contribution >= 0.6 is 0 Å². The molecule has 1 aliphatic heterocycles. The van der Waals surface area contributed by atoms with E-state index in [4.69, 9.17) is 9.72 Å².